The van der Waals surface area contributed by atoms with Crippen molar-refractivity contribution in [3.05, 3.63) is 34.1 Å². The Balaban J connectivity index is 2.68. The Labute approximate surface area is 118 Å². The van der Waals surface area contributed by atoms with Crippen LogP contribution in [0.4, 0.5) is 4.39 Å². The Morgan fingerprint density at radius 1 is 1.39 bits per heavy atom. The monoisotopic (exact) mass is 316 g/mol. The van der Waals surface area contributed by atoms with Gasteiger partial charge in [-0.25, -0.2) is 4.39 Å². The summed E-state index contributed by atoms with van der Waals surface area (Å²) in [6.45, 7) is 4.15. The molecule has 0 aliphatic carbocycles. The normalized spacial score (nSPS) is 13.0. The Hall–Kier alpha value is -0.450. The molecule has 0 radical (unpaired) electrons. The maximum atomic E-state index is 13.0. The third kappa shape index (κ3) is 5.46. The van der Waals surface area contributed by atoms with E-state index in [9.17, 15) is 4.39 Å². The summed E-state index contributed by atoms with van der Waals surface area (Å²) in [5.74, 6) is -0.198. The number of rotatable bonds is 7. The first-order valence-corrected chi connectivity index (χ1v) is 7.14. The maximum Gasteiger partial charge on any atom is 0.124 e. The quantitative estimate of drug-likeness (QED) is 0.831. The van der Waals surface area contributed by atoms with Gasteiger partial charge < -0.3 is 10.2 Å². The second-order valence-electron chi connectivity index (χ2n) is 4.85. The third-order valence-electron chi connectivity index (χ3n) is 2.75. The minimum Gasteiger partial charge on any atom is -0.312 e. The molecule has 0 saturated heterocycles. The smallest absolute Gasteiger partial charge is 0.124 e. The van der Waals surface area contributed by atoms with Gasteiger partial charge in [0, 0.05) is 17.1 Å². The second-order valence-corrected chi connectivity index (χ2v) is 5.71. The summed E-state index contributed by atoms with van der Waals surface area (Å²) in [7, 11) is 4.14. The molecule has 1 N–H and O–H groups in total. The molecule has 1 rings (SSSR count). The molecular weight excluding hydrogens is 295 g/mol. The van der Waals surface area contributed by atoms with E-state index in [2.05, 4.69) is 47.2 Å². The molecule has 0 aromatic heterocycles. The van der Waals surface area contributed by atoms with E-state index in [-0.39, 0.29) is 5.82 Å². The summed E-state index contributed by atoms with van der Waals surface area (Å²) >= 11 is 3.43. The van der Waals surface area contributed by atoms with Crippen LogP contribution in [-0.4, -0.2) is 38.1 Å². The van der Waals surface area contributed by atoms with Crippen LogP contribution in [-0.2, 0) is 6.42 Å². The highest BCUT2D eigenvalue weighted by molar-refractivity contribution is 9.10. The first-order valence-electron chi connectivity index (χ1n) is 6.35. The summed E-state index contributed by atoms with van der Waals surface area (Å²) in [6.07, 6.45) is 2.02. The molecule has 4 heteroatoms. The lowest BCUT2D eigenvalue weighted by molar-refractivity contribution is 0.335. The molecule has 0 saturated carbocycles. The molecule has 1 atom stereocenters. The number of nitrogens with zero attached hydrogens (tertiary/aromatic N) is 1. The SMILES string of the molecule is CCCNC(Cc1ccc(F)cc1Br)CN(C)C. The predicted molar refractivity (Wildman–Crippen MR) is 78.4 cm³/mol. The van der Waals surface area contributed by atoms with Gasteiger partial charge in [0.05, 0.1) is 0 Å². The molecule has 0 heterocycles. The number of nitrogens with one attached hydrogen (secondary N) is 1. The molecule has 0 fully saturated rings. The van der Waals surface area contributed by atoms with E-state index in [1.807, 2.05) is 6.07 Å². The van der Waals surface area contributed by atoms with Crippen molar-refractivity contribution in [1.29, 1.82) is 0 Å². The fourth-order valence-electron chi connectivity index (χ4n) is 1.94. The third-order valence-corrected chi connectivity index (χ3v) is 3.49. The maximum absolute atomic E-state index is 13.0. The van der Waals surface area contributed by atoms with Gasteiger partial charge in [-0.2, -0.15) is 0 Å². The van der Waals surface area contributed by atoms with E-state index in [0.717, 1.165) is 36.0 Å². The van der Waals surface area contributed by atoms with Crippen LogP contribution in [0.25, 0.3) is 0 Å². The minimum absolute atomic E-state index is 0.198. The van der Waals surface area contributed by atoms with E-state index in [1.165, 1.54) is 12.1 Å². The highest BCUT2D eigenvalue weighted by atomic mass is 79.9. The molecule has 1 unspecified atom stereocenters. The van der Waals surface area contributed by atoms with Crippen molar-refractivity contribution in [3.8, 4) is 0 Å². The van der Waals surface area contributed by atoms with Crippen LogP contribution >= 0.6 is 15.9 Å². The molecule has 1 aromatic carbocycles. The van der Waals surface area contributed by atoms with Crippen LogP contribution in [0.5, 0.6) is 0 Å². The number of hydrogen-bond acceptors (Lipinski definition) is 2. The summed E-state index contributed by atoms with van der Waals surface area (Å²) < 4.78 is 13.9. The molecule has 1 aromatic rings. The van der Waals surface area contributed by atoms with E-state index in [0.29, 0.717) is 6.04 Å². The van der Waals surface area contributed by atoms with E-state index in [4.69, 9.17) is 0 Å². The standard InChI is InChI=1S/C14H22BrFN2/c1-4-7-17-13(10-18(2)3)8-11-5-6-12(16)9-14(11)15/h5-6,9,13,17H,4,7-8,10H2,1-3H3. The van der Waals surface area contributed by atoms with Gasteiger partial charge in [-0.3, -0.25) is 0 Å². The van der Waals surface area contributed by atoms with Crippen molar-refractivity contribution in [3.63, 3.8) is 0 Å². The lowest BCUT2D eigenvalue weighted by Crippen LogP contribution is -2.40. The number of benzene rings is 1. The lowest BCUT2D eigenvalue weighted by Gasteiger charge is -2.23. The van der Waals surface area contributed by atoms with Gasteiger partial charge in [0.25, 0.3) is 0 Å². The zero-order valence-corrected chi connectivity index (χ0v) is 12.9. The van der Waals surface area contributed by atoms with Crippen molar-refractivity contribution in [2.75, 3.05) is 27.2 Å². The summed E-state index contributed by atoms with van der Waals surface area (Å²) in [5.41, 5.74) is 1.15. The van der Waals surface area contributed by atoms with Gasteiger partial charge >= 0.3 is 0 Å². The van der Waals surface area contributed by atoms with Crippen LogP contribution in [0.2, 0.25) is 0 Å². The molecule has 0 amide bonds. The Bertz CT molecular complexity index is 369. The van der Waals surface area contributed by atoms with Crippen LogP contribution in [0.1, 0.15) is 18.9 Å². The average Bonchev–Trinajstić information content (AvgIpc) is 2.29. The largest absolute Gasteiger partial charge is 0.312 e. The van der Waals surface area contributed by atoms with Gasteiger partial charge in [-0.15, -0.1) is 0 Å². The van der Waals surface area contributed by atoms with Gasteiger partial charge in [-0.1, -0.05) is 28.9 Å². The number of halogens is 2. The fourth-order valence-corrected chi connectivity index (χ4v) is 2.46. The second kappa shape index (κ2) is 7.87. The number of likely N-dealkylation sites (N-methyl/N-ethyl adjacent to an activating group) is 1. The van der Waals surface area contributed by atoms with Crippen molar-refractivity contribution in [2.24, 2.45) is 0 Å². The van der Waals surface area contributed by atoms with E-state index < -0.39 is 0 Å². The van der Waals surface area contributed by atoms with Crippen molar-refractivity contribution in [2.45, 2.75) is 25.8 Å². The predicted octanol–water partition coefficient (Wildman–Crippen LogP) is 3.06. The van der Waals surface area contributed by atoms with Crippen LogP contribution in [0.3, 0.4) is 0 Å². The van der Waals surface area contributed by atoms with Crippen LogP contribution < -0.4 is 5.32 Å². The fraction of sp³-hybridized carbons (Fsp3) is 0.571. The average molecular weight is 317 g/mol. The molecule has 0 aliphatic rings. The zero-order chi connectivity index (χ0) is 13.5. The first kappa shape index (κ1) is 15.6. The van der Waals surface area contributed by atoms with Gasteiger partial charge in [0.1, 0.15) is 5.82 Å². The Morgan fingerprint density at radius 3 is 2.67 bits per heavy atom. The summed E-state index contributed by atoms with van der Waals surface area (Å²) in [4.78, 5) is 2.17. The van der Waals surface area contributed by atoms with Gasteiger partial charge in [0.15, 0.2) is 0 Å². The molecule has 2 nitrogen and oxygen atoms in total. The lowest BCUT2D eigenvalue weighted by atomic mass is 10.1. The zero-order valence-electron chi connectivity index (χ0n) is 11.3. The molecule has 0 aliphatic heterocycles. The number of hydrogen-bond donors (Lipinski definition) is 1. The summed E-state index contributed by atoms with van der Waals surface area (Å²) in [5, 5.41) is 3.53. The molecule has 0 bridgehead atoms. The van der Waals surface area contributed by atoms with Crippen LogP contribution in [0.15, 0.2) is 22.7 Å². The Morgan fingerprint density at radius 2 is 2.11 bits per heavy atom. The van der Waals surface area contributed by atoms with Gasteiger partial charge in [-0.05, 0) is 51.2 Å². The highest BCUT2D eigenvalue weighted by Gasteiger charge is 2.12. The highest BCUT2D eigenvalue weighted by Crippen LogP contribution is 2.19. The Kier molecular flexibility index (Phi) is 6.82. The van der Waals surface area contributed by atoms with Crippen molar-refractivity contribution >= 4 is 15.9 Å². The molecule has 18 heavy (non-hydrogen) atoms. The minimum atomic E-state index is -0.198. The first-order chi connectivity index (χ1) is 8.52. The van der Waals surface area contributed by atoms with E-state index >= 15 is 0 Å². The van der Waals surface area contributed by atoms with Crippen molar-refractivity contribution in [1.82, 2.24) is 10.2 Å². The molecule has 102 valence electrons. The molecule has 0 spiro atoms. The van der Waals surface area contributed by atoms with E-state index in [1.54, 1.807) is 0 Å². The summed E-state index contributed by atoms with van der Waals surface area (Å²) in [6, 6.07) is 5.30. The van der Waals surface area contributed by atoms with Gasteiger partial charge in [0.2, 0.25) is 0 Å². The molecular formula is C14H22BrFN2. The van der Waals surface area contributed by atoms with Crippen LogP contribution in [0, 0.1) is 5.82 Å². The van der Waals surface area contributed by atoms with Crippen molar-refractivity contribution < 1.29 is 4.39 Å². The topological polar surface area (TPSA) is 15.3 Å².